The van der Waals surface area contributed by atoms with Gasteiger partial charge in [-0.2, -0.15) is 0 Å². The number of nitrogens with zero attached hydrogens (tertiary/aromatic N) is 2. The molecule has 1 unspecified atom stereocenters. The van der Waals surface area contributed by atoms with Gasteiger partial charge in [0.15, 0.2) is 17.3 Å². The van der Waals surface area contributed by atoms with Crippen LogP contribution < -0.4 is 0 Å². The molecule has 1 rings (SSSR count). The lowest BCUT2D eigenvalue weighted by atomic mass is 10.2. The van der Waals surface area contributed by atoms with Crippen molar-refractivity contribution in [1.29, 1.82) is 0 Å². The molecule has 0 aromatic carbocycles. The summed E-state index contributed by atoms with van der Waals surface area (Å²) in [6, 6.07) is 0. The molecule has 1 heterocycles. The molecule has 1 aliphatic rings. The van der Waals surface area contributed by atoms with Crippen LogP contribution in [0.1, 0.15) is 20.8 Å². The smallest absolute Gasteiger partial charge is 0.191 e. The van der Waals surface area contributed by atoms with Gasteiger partial charge in [-0.1, -0.05) is 26.5 Å². The predicted molar refractivity (Wildman–Crippen MR) is 89.6 cm³/mol. The molecule has 0 amide bonds. The number of piperazine rings is 1. The molecule has 0 aliphatic carbocycles. The van der Waals surface area contributed by atoms with Gasteiger partial charge in [-0.15, -0.1) is 6.58 Å². The summed E-state index contributed by atoms with van der Waals surface area (Å²) in [6.45, 7) is 20.4. The maximum absolute atomic E-state index is 6.40. The number of hydrogen-bond donors (Lipinski definition) is 0. The standard InChI is InChI=1S/C14H32N2OSi2/c1-8-18(16-11-9-15(5)10-12-16)13-17-19(6,7)14(2,3)4/h8,18H,1,9-13H2,2-7H3. The minimum atomic E-state index is -1.61. The van der Waals surface area contributed by atoms with Crippen molar-refractivity contribution in [3.63, 3.8) is 0 Å². The van der Waals surface area contributed by atoms with Crippen LogP contribution in [0.25, 0.3) is 0 Å². The molecule has 0 N–H and O–H groups in total. The molecule has 0 bridgehead atoms. The van der Waals surface area contributed by atoms with E-state index < -0.39 is 17.3 Å². The molecule has 0 saturated carbocycles. The average molecular weight is 301 g/mol. The lowest BCUT2D eigenvalue weighted by Crippen LogP contribution is -2.54. The minimum absolute atomic E-state index is 0.301. The average Bonchev–Trinajstić information content (AvgIpc) is 2.30. The van der Waals surface area contributed by atoms with Crippen molar-refractivity contribution in [1.82, 2.24) is 9.47 Å². The SMILES string of the molecule is C=C[SiH](CO[Si](C)(C)C(C)(C)C)N1CCN(C)CC1. The Balaban J connectivity index is 2.52. The van der Waals surface area contributed by atoms with Crippen LogP contribution in [0.3, 0.4) is 0 Å². The van der Waals surface area contributed by atoms with Crippen molar-refractivity contribution >= 4 is 17.3 Å². The van der Waals surface area contributed by atoms with Crippen LogP contribution in [-0.2, 0) is 4.43 Å². The van der Waals surface area contributed by atoms with Gasteiger partial charge in [0.1, 0.15) is 0 Å². The quantitative estimate of drug-likeness (QED) is 0.724. The van der Waals surface area contributed by atoms with Crippen LogP contribution in [0.15, 0.2) is 12.3 Å². The highest BCUT2D eigenvalue weighted by Gasteiger charge is 2.38. The fourth-order valence-electron chi connectivity index (χ4n) is 1.99. The van der Waals surface area contributed by atoms with Gasteiger partial charge in [-0.3, -0.25) is 0 Å². The summed E-state index contributed by atoms with van der Waals surface area (Å²) in [5, 5.41) is 0.301. The van der Waals surface area contributed by atoms with Crippen molar-refractivity contribution in [2.24, 2.45) is 0 Å². The molecule has 0 spiro atoms. The largest absolute Gasteiger partial charge is 0.418 e. The molecular weight excluding hydrogens is 268 g/mol. The van der Waals surface area contributed by atoms with Gasteiger partial charge in [0.2, 0.25) is 0 Å². The molecule has 1 aliphatic heterocycles. The molecule has 3 nitrogen and oxygen atoms in total. The van der Waals surface area contributed by atoms with Crippen molar-refractivity contribution in [2.45, 2.75) is 38.9 Å². The zero-order valence-corrected chi connectivity index (χ0v) is 15.9. The maximum Gasteiger partial charge on any atom is 0.191 e. The van der Waals surface area contributed by atoms with Crippen LogP contribution >= 0.6 is 0 Å². The van der Waals surface area contributed by atoms with Crippen molar-refractivity contribution in [3.8, 4) is 0 Å². The van der Waals surface area contributed by atoms with Crippen LogP contribution in [0.2, 0.25) is 18.1 Å². The molecule has 1 atom stereocenters. The number of hydrogen-bond acceptors (Lipinski definition) is 3. The van der Waals surface area contributed by atoms with E-state index in [1.54, 1.807) is 0 Å². The van der Waals surface area contributed by atoms with E-state index in [9.17, 15) is 0 Å². The Labute approximate surface area is 122 Å². The van der Waals surface area contributed by atoms with Gasteiger partial charge in [0.05, 0.1) is 0 Å². The monoisotopic (exact) mass is 300 g/mol. The van der Waals surface area contributed by atoms with E-state index in [1.165, 1.54) is 26.2 Å². The summed E-state index contributed by atoms with van der Waals surface area (Å²) in [5.41, 5.74) is 2.19. The Hall–Kier alpha value is 0.0538. The highest BCUT2D eigenvalue weighted by Crippen LogP contribution is 2.36. The summed E-state index contributed by atoms with van der Waals surface area (Å²) in [4.78, 5) is 2.40. The van der Waals surface area contributed by atoms with Gasteiger partial charge in [0, 0.05) is 32.4 Å². The van der Waals surface area contributed by atoms with E-state index in [0.717, 1.165) is 6.23 Å². The lowest BCUT2D eigenvalue weighted by Gasteiger charge is -2.40. The molecular formula is C14H32N2OSi2. The van der Waals surface area contributed by atoms with E-state index in [-0.39, 0.29) is 0 Å². The fourth-order valence-corrected chi connectivity index (χ4v) is 6.31. The Kier molecular flexibility index (Phi) is 6.01. The van der Waals surface area contributed by atoms with Crippen molar-refractivity contribution < 1.29 is 4.43 Å². The third-order valence-electron chi connectivity index (χ3n) is 4.70. The molecule has 0 aromatic rings. The highest BCUT2D eigenvalue weighted by molar-refractivity contribution is 6.75. The number of rotatable bonds is 5. The second-order valence-electron chi connectivity index (χ2n) is 7.21. The van der Waals surface area contributed by atoms with Gasteiger partial charge in [-0.25, -0.2) is 0 Å². The third kappa shape index (κ3) is 4.82. The van der Waals surface area contributed by atoms with Gasteiger partial charge < -0.3 is 13.9 Å². The summed E-state index contributed by atoms with van der Waals surface area (Å²) < 4.78 is 9.04. The molecule has 0 radical (unpaired) electrons. The first-order valence-electron chi connectivity index (χ1n) is 7.36. The topological polar surface area (TPSA) is 15.7 Å². The van der Waals surface area contributed by atoms with Gasteiger partial charge >= 0.3 is 0 Å². The first-order chi connectivity index (χ1) is 8.67. The summed E-state index contributed by atoms with van der Waals surface area (Å²) in [5.74, 6) is 0. The second kappa shape index (κ2) is 6.67. The van der Waals surface area contributed by atoms with Crippen LogP contribution in [-0.4, -0.2) is 66.2 Å². The molecule has 1 fully saturated rings. The van der Waals surface area contributed by atoms with E-state index in [2.05, 4.69) is 62.7 Å². The zero-order chi connectivity index (χ0) is 14.7. The van der Waals surface area contributed by atoms with Gasteiger partial charge in [-0.05, 0) is 25.2 Å². The van der Waals surface area contributed by atoms with Gasteiger partial charge in [0.25, 0.3) is 0 Å². The fraction of sp³-hybridized carbons (Fsp3) is 0.857. The van der Waals surface area contributed by atoms with E-state index in [1.807, 2.05) is 0 Å². The van der Waals surface area contributed by atoms with E-state index in [4.69, 9.17) is 4.43 Å². The molecule has 1 saturated heterocycles. The minimum Gasteiger partial charge on any atom is -0.418 e. The first kappa shape index (κ1) is 17.1. The maximum atomic E-state index is 6.40. The Bertz CT molecular complexity index is 294. The van der Waals surface area contributed by atoms with Crippen LogP contribution in [0.5, 0.6) is 0 Å². The van der Waals surface area contributed by atoms with E-state index in [0.29, 0.717) is 5.04 Å². The first-order valence-corrected chi connectivity index (χ1v) is 12.3. The Morgan fingerprint density at radius 3 is 2.16 bits per heavy atom. The van der Waals surface area contributed by atoms with E-state index >= 15 is 0 Å². The number of likely N-dealkylation sites (N-methyl/N-ethyl adjacent to an activating group) is 1. The van der Waals surface area contributed by atoms with Crippen LogP contribution in [0, 0.1) is 0 Å². The Morgan fingerprint density at radius 2 is 1.74 bits per heavy atom. The summed E-state index contributed by atoms with van der Waals surface area (Å²) >= 11 is 0. The lowest BCUT2D eigenvalue weighted by molar-refractivity contribution is 0.215. The molecule has 112 valence electrons. The second-order valence-corrected chi connectivity index (χ2v) is 14.7. The van der Waals surface area contributed by atoms with Crippen LogP contribution in [0.4, 0.5) is 0 Å². The summed E-state index contributed by atoms with van der Waals surface area (Å²) in [7, 11) is -0.519. The van der Waals surface area contributed by atoms with Crippen molar-refractivity contribution in [3.05, 3.63) is 12.3 Å². The third-order valence-corrected chi connectivity index (χ3v) is 12.0. The molecule has 0 aromatic heterocycles. The predicted octanol–water partition coefficient (Wildman–Crippen LogP) is 2.24. The zero-order valence-electron chi connectivity index (χ0n) is 13.7. The van der Waals surface area contributed by atoms with Crippen molar-refractivity contribution in [2.75, 3.05) is 39.5 Å². The highest BCUT2D eigenvalue weighted by atomic mass is 28.4. The molecule has 19 heavy (non-hydrogen) atoms. The summed E-state index contributed by atoms with van der Waals surface area (Å²) in [6.07, 6.45) is 0.934. The Morgan fingerprint density at radius 1 is 1.21 bits per heavy atom. The normalized spacial score (nSPS) is 21.4. The molecule has 5 heteroatoms.